The van der Waals surface area contributed by atoms with Crippen LogP contribution in [-0.2, 0) is 17.5 Å². The largest absolute Gasteiger partial charge is 0.416 e. The first-order chi connectivity index (χ1) is 18.2. The molecule has 0 saturated carbocycles. The van der Waals surface area contributed by atoms with Crippen LogP contribution in [0.5, 0.6) is 0 Å². The third-order valence-corrected chi connectivity index (χ3v) is 7.57. The molecule has 2 atom stereocenters. The molecule has 200 valence electrons. The van der Waals surface area contributed by atoms with Crippen LogP contribution in [0.1, 0.15) is 58.0 Å². The van der Waals surface area contributed by atoms with Crippen molar-refractivity contribution in [3.8, 4) is 11.1 Å². The number of aromatic nitrogens is 1. The lowest BCUT2D eigenvalue weighted by molar-refractivity contribution is -0.137. The molecular weight excluding hydrogens is 493 g/mol. The maximum absolute atomic E-state index is 13.2. The average Bonchev–Trinajstić information content (AvgIpc) is 3.36. The number of likely N-dealkylation sites (tertiary alicyclic amines) is 1. The topological polar surface area (TPSA) is 80.5 Å². The highest BCUT2D eigenvalue weighted by Crippen LogP contribution is 2.34. The molecule has 0 spiro atoms. The van der Waals surface area contributed by atoms with Crippen molar-refractivity contribution >= 4 is 5.91 Å². The molecule has 2 aliphatic heterocycles. The molecule has 3 N–H and O–H groups in total. The molecule has 1 amide bonds. The van der Waals surface area contributed by atoms with Crippen LogP contribution in [0.15, 0.2) is 60.8 Å². The standard InChI is InChI=1S/C29H31F3N4O2/c1-18(19-2-4-20(5-3-19)26-13-24(29(30,31)32)7-6-22(26)14-33)35-28(37)27-12-21(8-10-34-27)23-9-11-36(15-23)25-16-38-17-25/h2-8,10,12-13,18,23,25H,9,11,14-17,33H2,1H3,(H,35,37)/t18-,23?/m1/s1. The summed E-state index contributed by atoms with van der Waals surface area (Å²) in [6, 6.07) is 14.8. The minimum Gasteiger partial charge on any atom is -0.378 e. The summed E-state index contributed by atoms with van der Waals surface area (Å²) in [6.45, 7) is 5.57. The number of carbonyl (C=O) groups excluding carboxylic acids is 1. The first-order valence-electron chi connectivity index (χ1n) is 12.8. The van der Waals surface area contributed by atoms with E-state index in [-0.39, 0.29) is 18.5 Å². The molecule has 0 radical (unpaired) electrons. The van der Waals surface area contributed by atoms with Crippen LogP contribution in [-0.4, -0.2) is 48.1 Å². The minimum atomic E-state index is -4.44. The van der Waals surface area contributed by atoms with E-state index in [1.165, 1.54) is 6.07 Å². The number of nitrogens with one attached hydrogen (secondary N) is 1. The second-order valence-corrected chi connectivity index (χ2v) is 10.0. The van der Waals surface area contributed by atoms with E-state index in [1.54, 1.807) is 18.3 Å². The molecule has 0 aliphatic carbocycles. The summed E-state index contributed by atoms with van der Waals surface area (Å²) in [4.78, 5) is 19.8. The van der Waals surface area contributed by atoms with Gasteiger partial charge in [0.1, 0.15) is 5.69 Å². The molecule has 2 fully saturated rings. The van der Waals surface area contributed by atoms with Gasteiger partial charge in [-0.3, -0.25) is 14.7 Å². The van der Waals surface area contributed by atoms with E-state index in [0.717, 1.165) is 56.0 Å². The number of nitrogens with two attached hydrogens (primary N) is 1. The second kappa shape index (κ2) is 10.8. The van der Waals surface area contributed by atoms with Crippen molar-refractivity contribution in [2.45, 2.75) is 44.1 Å². The first kappa shape index (κ1) is 26.3. The van der Waals surface area contributed by atoms with E-state index < -0.39 is 11.7 Å². The lowest BCUT2D eigenvalue weighted by atomic mass is 9.95. The molecule has 1 unspecified atom stereocenters. The third kappa shape index (κ3) is 5.60. The van der Waals surface area contributed by atoms with Gasteiger partial charge in [0.25, 0.3) is 5.91 Å². The van der Waals surface area contributed by atoms with E-state index in [9.17, 15) is 18.0 Å². The number of carbonyl (C=O) groups is 1. The second-order valence-electron chi connectivity index (χ2n) is 10.0. The smallest absolute Gasteiger partial charge is 0.378 e. The van der Waals surface area contributed by atoms with Crippen LogP contribution >= 0.6 is 0 Å². The van der Waals surface area contributed by atoms with Gasteiger partial charge >= 0.3 is 6.18 Å². The Bertz CT molecular complexity index is 1290. The summed E-state index contributed by atoms with van der Waals surface area (Å²) in [6.07, 6.45) is -1.71. The van der Waals surface area contributed by atoms with E-state index in [0.29, 0.717) is 34.3 Å². The van der Waals surface area contributed by atoms with E-state index in [1.807, 2.05) is 31.2 Å². The highest BCUT2D eigenvalue weighted by atomic mass is 19.4. The molecule has 2 aromatic carbocycles. The van der Waals surface area contributed by atoms with Gasteiger partial charge in [0, 0.05) is 19.3 Å². The number of halogens is 3. The van der Waals surface area contributed by atoms with E-state index in [2.05, 4.69) is 15.2 Å². The number of hydrogen-bond acceptors (Lipinski definition) is 5. The number of rotatable bonds is 7. The summed E-state index contributed by atoms with van der Waals surface area (Å²) < 4.78 is 45.1. The first-order valence-corrected chi connectivity index (χ1v) is 12.8. The Labute approximate surface area is 220 Å². The van der Waals surface area contributed by atoms with Crippen molar-refractivity contribution in [3.05, 3.63) is 88.7 Å². The minimum absolute atomic E-state index is 0.127. The van der Waals surface area contributed by atoms with Crippen molar-refractivity contribution in [2.24, 2.45) is 5.73 Å². The zero-order valence-electron chi connectivity index (χ0n) is 21.2. The molecule has 3 heterocycles. The number of benzene rings is 2. The van der Waals surface area contributed by atoms with Crippen molar-refractivity contribution in [1.29, 1.82) is 0 Å². The number of hydrogen-bond donors (Lipinski definition) is 2. The maximum atomic E-state index is 13.2. The molecule has 6 nitrogen and oxygen atoms in total. The molecule has 38 heavy (non-hydrogen) atoms. The number of pyridine rings is 1. The summed E-state index contributed by atoms with van der Waals surface area (Å²) in [5.41, 5.74) is 9.07. The Hall–Kier alpha value is -3.27. The Balaban J connectivity index is 1.26. The van der Waals surface area contributed by atoms with Gasteiger partial charge < -0.3 is 15.8 Å². The van der Waals surface area contributed by atoms with Gasteiger partial charge in [-0.25, -0.2) is 0 Å². The van der Waals surface area contributed by atoms with Crippen molar-refractivity contribution < 1.29 is 22.7 Å². The Morgan fingerprint density at radius 2 is 1.92 bits per heavy atom. The maximum Gasteiger partial charge on any atom is 0.416 e. The van der Waals surface area contributed by atoms with Crippen molar-refractivity contribution in [3.63, 3.8) is 0 Å². The lowest BCUT2D eigenvalue weighted by Gasteiger charge is -2.34. The Morgan fingerprint density at radius 3 is 2.58 bits per heavy atom. The van der Waals surface area contributed by atoms with Crippen LogP contribution in [0.25, 0.3) is 11.1 Å². The van der Waals surface area contributed by atoms with Crippen molar-refractivity contribution in [2.75, 3.05) is 26.3 Å². The van der Waals surface area contributed by atoms with E-state index in [4.69, 9.17) is 10.5 Å². The quantitative estimate of drug-likeness (QED) is 0.459. The predicted molar refractivity (Wildman–Crippen MR) is 138 cm³/mol. The summed E-state index contributed by atoms with van der Waals surface area (Å²) in [5.74, 6) is 0.0957. The summed E-state index contributed by atoms with van der Waals surface area (Å²) in [7, 11) is 0. The SMILES string of the molecule is C[C@@H](NC(=O)c1cc(C2CCN(C3COC3)C2)ccn1)c1ccc(-c2cc(C(F)(F)F)ccc2CN)cc1. The van der Waals surface area contributed by atoms with Crippen LogP contribution in [0, 0.1) is 0 Å². The molecule has 2 saturated heterocycles. The van der Waals surface area contributed by atoms with Crippen LogP contribution in [0.3, 0.4) is 0 Å². The van der Waals surface area contributed by atoms with Crippen molar-refractivity contribution in [1.82, 2.24) is 15.2 Å². The number of amides is 1. The van der Waals surface area contributed by atoms with Crippen LogP contribution in [0.4, 0.5) is 13.2 Å². The molecule has 0 bridgehead atoms. The number of ether oxygens (including phenoxy) is 1. The van der Waals surface area contributed by atoms with Crippen LogP contribution < -0.4 is 11.1 Å². The van der Waals surface area contributed by atoms with Gasteiger partial charge in [-0.15, -0.1) is 0 Å². The predicted octanol–water partition coefficient (Wildman–Crippen LogP) is 4.91. The molecule has 5 rings (SSSR count). The van der Waals surface area contributed by atoms with Gasteiger partial charge in [0.05, 0.1) is 30.9 Å². The fraction of sp³-hybridized carbons (Fsp3) is 0.379. The zero-order chi connectivity index (χ0) is 26.9. The zero-order valence-corrected chi connectivity index (χ0v) is 21.2. The van der Waals surface area contributed by atoms with Gasteiger partial charge in [-0.05, 0) is 77.9 Å². The molecular formula is C29H31F3N4O2. The Morgan fingerprint density at radius 1 is 1.16 bits per heavy atom. The number of nitrogens with zero attached hydrogens (tertiary/aromatic N) is 2. The highest BCUT2D eigenvalue weighted by molar-refractivity contribution is 5.92. The average molecular weight is 525 g/mol. The summed E-state index contributed by atoms with van der Waals surface area (Å²) in [5, 5.41) is 2.99. The monoisotopic (exact) mass is 524 g/mol. The van der Waals surface area contributed by atoms with Crippen LogP contribution in [0.2, 0.25) is 0 Å². The van der Waals surface area contributed by atoms with Gasteiger partial charge in [-0.1, -0.05) is 30.3 Å². The highest BCUT2D eigenvalue weighted by Gasteiger charge is 2.33. The lowest BCUT2D eigenvalue weighted by Crippen LogP contribution is -2.47. The number of alkyl halides is 3. The normalized spacial score (nSPS) is 19.2. The third-order valence-electron chi connectivity index (χ3n) is 7.57. The van der Waals surface area contributed by atoms with E-state index >= 15 is 0 Å². The fourth-order valence-electron chi connectivity index (χ4n) is 5.15. The molecule has 2 aliphatic rings. The van der Waals surface area contributed by atoms with Gasteiger partial charge in [0.15, 0.2) is 0 Å². The van der Waals surface area contributed by atoms with Gasteiger partial charge in [-0.2, -0.15) is 13.2 Å². The van der Waals surface area contributed by atoms with Gasteiger partial charge in [0.2, 0.25) is 0 Å². The summed E-state index contributed by atoms with van der Waals surface area (Å²) >= 11 is 0. The molecule has 3 aromatic rings. The molecule has 1 aromatic heterocycles. The Kier molecular flexibility index (Phi) is 7.52. The molecule has 9 heteroatoms. The fourth-order valence-corrected chi connectivity index (χ4v) is 5.15.